The van der Waals surface area contributed by atoms with Crippen molar-refractivity contribution in [3.63, 3.8) is 0 Å². The summed E-state index contributed by atoms with van der Waals surface area (Å²) in [6.07, 6.45) is 15.0. The summed E-state index contributed by atoms with van der Waals surface area (Å²) in [6, 6.07) is 8.71. The van der Waals surface area contributed by atoms with Crippen LogP contribution in [0.25, 0.3) is 0 Å². The molecule has 0 amide bonds. The summed E-state index contributed by atoms with van der Waals surface area (Å²) in [5.74, 6) is 0.322. The van der Waals surface area contributed by atoms with Gasteiger partial charge in [-0.2, -0.15) is 0 Å². The van der Waals surface area contributed by atoms with Crippen molar-refractivity contribution in [3.05, 3.63) is 30.3 Å². The molecule has 1 aromatic rings. The van der Waals surface area contributed by atoms with Gasteiger partial charge < -0.3 is 14.6 Å². The fourth-order valence-electron chi connectivity index (χ4n) is 3.63. The van der Waals surface area contributed by atoms with Crippen LogP contribution in [0.15, 0.2) is 30.3 Å². The molecule has 0 bridgehead atoms. The van der Waals surface area contributed by atoms with Gasteiger partial charge in [0.25, 0.3) is 0 Å². The zero-order valence-electron chi connectivity index (χ0n) is 20.0. The number of hydrogen-bond donors (Lipinski definition) is 1. The highest BCUT2D eigenvalue weighted by Crippen LogP contribution is 2.18. The van der Waals surface area contributed by atoms with Gasteiger partial charge in [-0.05, 0) is 25.0 Å². The van der Waals surface area contributed by atoms with Crippen LogP contribution in [-0.4, -0.2) is 37.6 Å². The third-order valence-corrected chi connectivity index (χ3v) is 5.59. The Labute approximate surface area is 186 Å². The lowest BCUT2D eigenvalue weighted by Crippen LogP contribution is -2.38. The minimum absolute atomic E-state index is 0.210. The number of para-hydroxylation sites is 1. The highest BCUT2D eigenvalue weighted by molar-refractivity contribution is 5.18. The molecule has 4 heteroatoms. The van der Waals surface area contributed by atoms with E-state index in [1.807, 2.05) is 13.0 Å². The molecular weight excluding hydrogens is 376 g/mol. The van der Waals surface area contributed by atoms with E-state index in [0.29, 0.717) is 5.75 Å². The van der Waals surface area contributed by atoms with Gasteiger partial charge in [0.05, 0.1) is 12.2 Å². The summed E-state index contributed by atoms with van der Waals surface area (Å²) in [6.45, 7) is 4.26. The number of unbranched alkanes of at least 4 members (excludes halogenated alkanes) is 10. The molecule has 1 radical (unpaired) electrons. The number of ether oxygens (including phenoxy) is 2. The van der Waals surface area contributed by atoms with Gasteiger partial charge in [-0.25, -0.2) is 5.11 Å². The van der Waals surface area contributed by atoms with E-state index in [1.165, 1.54) is 64.2 Å². The number of aromatic hydroxyl groups is 1. The molecule has 1 aromatic carbocycles. The Morgan fingerprint density at radius 1 is 0.733 bits per heavy atom. The van der Waals surface area contributed by atoms with E-state index in [-0.39, 0.29) is 12.2 Å². The van der Waals surface area contributed by atoms with Crippen LogP contribution in [-0.2, 0) is 14.6 Å². The monoisotopic (exact) mass is 423 g/mol. The van der Waals surface area contributed by atoms with Crippen LogP contribution in [0.5, 0.6) is 5.75 Å². The minimum atomic E-state index is -0.766. The van der Waals surface area contributed by atoms with Crippen molar-refractivity contribution in [2.75, 3.05) is 14.2 Å². The Morgan fingerprint density at radius 2 is 1.20 bits per heavy atom. The number of rotatable bonds is 17. The maximum Gasteiger partial charge on any atom is 0.145 e. The van der Waals surface area contributed by atoms with Crippen LogP contribution < -0.4 is 0 Å². The molecule has 0 aliphatic rings. The molecule has 0 heterocycles. The van der Waals surface area contributed by atoms with Crippen LogP contribution in [0.2, 0.25) is 0 Å². The lowest BCUT2D eigenvalue weighted by Gasteiger charge is -2.25. The fraction of sp³-hybridized carbons (Fsp3) is 0.769. The molecule has 0 aromatic heterocycles. The maximum atomic E-state index is 12.3. The first-order chi connectivity index (χ1) is 14.6. The second-order valence-electron chi connectivity index (χ2n) is 8.08. The highest BCUT2D eigenvalue weighted by Gasteiger charge is 2.27. The summed E-state index contributed by atoms with van der Waals surface area (Å²) in [4.78, 5) is 0. The molecule has 3 unspecified atom stereocenters. The van der Waals surface area contributed by atoms with Crippen molar-refractivity contribution in [2.24, 2.45) is 0 Å². The Kier molecular flexibility index (Phi) is 20.4. The largest absolute Gasteiger partial charge is 0.508 e. The third-order valence-electron chi connectivity index (χ3n) is 5.59. The maximum absolute atomic E-state index is 12.3. The molecule has 0 aliphatic carbocycles. The van der Waals surface area contributed by atoms with Gasteiger partial charge in [0.1, 0.15) is 11.9 Å². The molecule has 1 rings (SSSR count). The van der Waals surface area contributed by atoms with E-state index in [4.69, 9.17) is 14.6 Å². The van der Waals surface area contributed by atoms with Crippen molar-refractivity contribution >= 4 is 0 Å². The lowest BCUT2D eigenvalue weighted by atomic mass is 9.99. The summed E-state index contributed by atoms with van der Waals surface area (Å²) < 4.78 is 10.7. The van der Waals surface area contributed by atoms with Gasteiger partial charge in [-0.3, -0.25) is 0 Å². The van der Waals surface area contributed by atoms with Crippen molar-refractivity contribution in [2.45, 2.75) is 116 Å². The molecule has 175 valence electrons. The molecular formula is C26H47O4. The predicted octanol–water partition coefficient (Wildman–Crippen LogP) is 7.32. The van der Waals surface area contributed by atoms with E-state index >= 15 is 0 Å². The van der Waals surface area contributed by atoms with Gasteiger partial charge in [-0.15, -0.1) is 0 Å². The SMILES string of the molecule is CCCCCCCCCCCCCC(OC)C([O])C(CC)OC.Oc1ccccc1. The first kappa shape index (κ1) is 28.9. The lowest BCUT2D eigenvalue weighted by molar-refractivity contribution is -0.122. The topological polar surface area (TPSA) is 58.6 Å². The van der Waals surface area contributed by atoms with Gasteiger partial charge in [0.2, 0.25) is 0 Å². The zero-order valence-corrected chi connectivity index (χ0v) is 20.0. The van der Waals surface area contributed by atoms with Crippen LogP contribution in [0.4, 0.5) is 0 Å². The van der Waals surface area contributed by atoms with Gasteiger partial charge >= 0.3 is 0 Å². The molecule has 30 heavy (non-hydrogen) atoms. The minimum Gasteiger partial charge on any atom is -0.508 e. The van der Waals surface area contributed by atoms with Crippen LogP contribution >= 0.6 is 0 Å². The molecule has 3 atom stereocenters. The van der Waals surface area contributed by atoms with E-state index < -0.39 is 6.10 Å². The Morgan fingerprint density at radius 3 is 1.57 bits per heavy atom. The van der Waals surface area contributed by atoms with Crippen molar-refractivity contribution in [3.8, 4) is 5.75 Å². The van der Waals surface area contributed by atoms with E-state index in [0.717, 1.165) is 19.3 Å². The molecule has 0 aliphatic heterocycles. The summed E-state index contributed by atoms with van der Waals surface area (Å²) in [5.41, 5.74) is 0. The average Bonchev–Trinajstić information content (AvgIpc) is 2.76. The van der Waals surface area contributed by atoms with Crippen molar-refractivity contribution in [1.82, 2.24) is 0 Å². The molecule has 1 N–H and O–H groups in total. The first-order valence-electron chi connectivity index (χ1n) is 12.1. The third kappa shape index (κ3) is 15.7. The second-order valence-corrected chi connectivity index (χ2v) is 8.08. The molecule has 0 fully saturated rings. The molecule has 0 saturated heterocycles. The number of benzene rings is 1. The van der Waals surface area contributed by atoms with E-state index in [2.05, 4.69) is 6.92 Å². The van der Waals surface area contributed by atoms with Crippen LogP contribution in [0.3, 0.4) is 0 Å². The van der Waals surface area contributed by atoms with Crippen LogP contribution in [0.1, 0.15) is 97.3 Å². The van der Waals surface area contributed by atoms with Crippen LogP contribution in [0, 0.1) is 0 Å². The van der Waals surface area contributed by atoms with E-state index in [9.17, 15) is 5.11 Å². The summed E-state index contributed by atoms with van der Waals surface area (Å²) in [7, 11) is 3.27. The first-order valence-corrected chi connectivity index (χ1v) is 12.1. The summed E-state index contributed by atoms with van der Waals surface area (Å²) >= 11 is 0. The van der Waals surface area contributed by atoms with Crippen molar-refractivity contribution < 1.29 is 19.7 Å². The van der Waals surface area contributed by atoms with Crippen molar-refractivity contribution in [1.29, 1.82) is 0 Å². The zero-order chi connectivity index (χ0) is 22.5. The Balaban J connectivity index is 0.000001000. The highest BCUT2D eigenvalue weighted by atomic mass is 16.5. The second kappa shape index (κ2) is 21.1. The van der Waals surface area contributed by atoms with Gasteiger partial charge in [-0.1, -0.05) is 103 Å². The Hall–Kier alpha value is -1.10. The summed E-state index contributed by atoms with van der Waals surface area (Å²) in [5, 5.41) is 20.9. The predicted molar refractivity (Wildman–Crippen MR) is 126 cm³/mol. The average molecular weight is 424 g/mol. The number of phenolic OH excluding ortho intramolecular Hbond substituents is 1. The quantitative estimate of drug-likeness (QED) is 0.267. The molecule has 0 spiro atoms. The Bertz CT molecular complexity index is 448. The van der Waals surface area contributed by atoms with Gasteiger partial charge in [0.15, 0.2) is 0 Å². The molecule has 4 nitrogen and oxygen atoms in total. The smallest absolute Gasteiger partial charge is 0.145 e. The van der Waals surface area contributed by atoms with Gasteiger partial charge in [0, 0.05) is 14.2 Å². The van der Waals surface area contributed by atoms with E-state index in [1.54, 1.807) is 38.5 Å². The number of methoxy groups -OCH3 is 2. The fourth-order valence-corrected chi connectivity index (χ4v) is 3.63. The number of phenols is 1. The number of hydrogen-bond acceptors (Lipinski definition) is 3. The standard InChI is InChI=1S/C20H41O3.C6H6O/c1-5-7-8-9-10-11-12-13-14-15-16-17-19(23-4)20(21)18(6-2)22-3;7-6-4-2-1-3-5-6/h18-20H,5-17H2,1-4H3;1-5,7H. The normalized spacial score (nSPS) is 13.9. The molecule has 0 saturated carbocycles.